The van der Waals surface area contributed by atoms with E-state index in [9.17, 15) is 0 Å². The highest BCUT2D eigenvalue weighted by atomic mass is 16.5. The van der Waals surface area contributed by atoms with Gasteiger partial charge in [0.05, 0.1) is 6.10 Å². The minimum atomic E-state index is 0.451. The Labute approximate surface area is 78.7 Å². The van der Waals surface area contributed by atoms with Gasteiger partial charge in [0.1, 0.15) is 5.75 Å². The molecule has 0 aromatic heterocycles. The lowest BCUT2D eigenvalue weighted by molar-refractivity contribution is 0.300. The number of rotatable bonds is 3. The van der Waals surface area contributed by atoms with Gasteiger partial charge in [-0.2, -0.15) is 0 Å². The lowest BCUT2D eigenvalue weighted by Crippen LogP contribution is -2.00. The van der Waals surface area contributed by atoms with Gasteiger partial charge in [-0.25, -0.2) is 0 Å². The summed E-state index contributed by atoms with van der Waals surface area (Å²) in [5, 5.41) is 0. The number of nitrogens with two attached hydrogens (primary N) is 1. The highest BCUT2D eigenvalue weighted by Crippen LogP contribution is 2.30. The summed E-state index contributed by atoms with van der Waals surface area (Å²) in [6, 6.07) is 5.91. The van der Waals surface area contributed by atoms with Gasteiger partial charge in [0.15, 0.2) is 0 Å². The SMILES string of the molecule is CCc1ccc(N)cc1OC1CC1. The van der Waals surface area contributed by atoms with Gasteiger partial charge < -0.3 is 10.5 Å². The average molecular weight is 177 g/mol. The van der Waals surface area contributed by atoms with Gasteiger partial charge in [-0.1, -0.05) is 13.0 Å². The molecule has 1 fully saturated rings. The molecule has 2 N–H and O–H groups in total. The summed E-state index contributed by atoms with van der Waals surface area (Å²) in [6.45, 7) is 2.13. The fourth-order valence-corrected chi connectivity index (χ4v) is 1.34. The van der Waals surface area contributed by atoms with Crippen LogP contribution < -0.4 is 10.5 Å². The second kappa shape index (κ2) is 3.29. The highest BCUT2D eigenvalue weighted by molar-refractivity contribution is 5.48. The molecule has 2 rings (SSSR count). The number of hydrogen-bond donors (Lipinski definition) is 1. The van der Waals surface area contributed by atoms with Crippen molar-refractivity contribution in [3.05, 3.63) is 23.8 Å². The number of nitrogen functional groups attached to an aromatic ring is 1. The number of benzene rings is 1. The van der Waals surface area contributed by atoms with Gasteiger partial charge in [0, 0.05) is 11.8 Å². The Balaban J connectivity index is 2.22. The smallest absolute Gasteiger partial charge is 0.124 e. The van der Waals surface area contributed by atoms with Gasteiger partial charge in [-0.05, 0) is 30.9 Å². The Kier molecular flexibility index (Phi) is 2.13. The summed E-state index contributed by atoms with van der Waals surface area (Å²) in [5.41, 5.74) is 7.73. The van der Waals surface area contributed by atoms with Crippen molar-refractivity contribution in [3.63, 3.8) is 0 Å². The van der Waals surface area contributed by atoms with Crippen molar-refractivity contribution in [2.24, 2.45) is 0 Å². The van der Waals surface area contributed by atoms with Crippen molar-refractivity contribution in [2.75, 3.05) is 5.73 Å². The third-order valence-electron chi connectivity index (χ3n) is 2.29. The third kappa shape index (κ3) is 1.94. The first-order chi connectivity index (χ1) is 6.29. The molecule has 1 aliphatic rings. The molecule has 1 aliphatic carbocycles. The molecule has 1 saturated carbocycles. The number of ether oxygens (including phenoxy) is 1. The van der Waals surface area contributed by atoms with E-state index in [0.29, 0.717) is 6.10 Å². The van der Waals surface area contributed by atoms with Crippen LogP contribution in [0.2, 0.25) is 0 Å². The summed E-state index contributed by atoms with van der Waals surface area (Å²) in [6.07, 6.45) is 3.84. The van der Waals surface area contributed by atoms with Crippen molar-refractivity contribution in [2.45, 2.75) is 32.3 Å². The summed E-state index contributed by atoms with van der Waals surface area (Å²) >= 11 is 0. The van der Waals surface area contributed by atoms with E-state index in [2.05, 4.69) is 6.92 Å². The molecule has 0 aliphatic heterocycles. The van der Waals surface area contributed by atoms with E-state index in [4.69, 9.17) is 10.5 Å². The van der Waals surface area contributed by atoms with Crippen molar-refractivity contribution in [1.29, 1.82) is 0 Å². The van der Waals surface area contributed by atoms with Crippen molar-refractivity contribution in [3.8, 4) is 5.75 Å². The van der Waals surface area contributed by atoms with Crippen LogP contribution in [0.4, 0.5) is 5.69 Å². The van der Waals surface area contributed by atoms with Crippen LogP contribution in [0, 0.1) is 0 Å². The summed E-state index contributed by atoms with van der Waals surface area (Å²) < 4.78 is 5.75. The molecule has 13 heavy (non-hydrogen) atoms. The second-order valence-electron chi connectivity index (χ2n) is 3.54. The van der Waals surface area contributed by atoms with Crippen LogP contribution in [0.25, 0.3) is 0 Å². The minimum Gasteiger partial charge on any atom is -0.490 e. The quantitative estimate of drug-likeness (QED) is 0.719. The Morgan fingerprint density at radius 3 is 2.85 bits per heavy atom. The fraction of sp³-hybridized carbons (Fsp3) is 0.455. The zero-order chi connectivity index (χ0) is 9.26. The van der Waals surface area contributed by atoms with E-state index in [1.54, 1.807) is 0 Å². The first kappa shape index (κ1) is 8.42. The lowest BCUT2D eigenvalue weighted by Gasteiger charge is -2.09. The van der Waals surface area contributed by atoms with Gasteiger partial charge in [0.2, 0.25) is 0 Å². The molecule has 0 spiro atoms. The maximum absolute atomic E-state index is 5.75. The predicted octanol–water partition coefficient (Wildman–Crippen LogP) is 2.37. The largest absolute Gasteiger partial charge is 0.490 e. The molecule has 0 unspecified atom stereocenters. The number of aryl methyl sites for hydroxylation is 1. The van der Waals surface area contributed by atoms with E-state index >= 15 is 0 Å². The van der Waals surface area contributed by atoms with Crippen LogP contribution in [-0.4, -0.2) is 6.10 Å². The molecule has 1 aromatic rings. The number of anilines is 1. The van der Waals surface area contributed by atoms with Crippen LogP contribution in [0.1, 0.15) is 25.3 Å². The molecule has 70 valence electrons. The van der Waals surface area contributed by atoms with Crippen molar-refractivity contribution >= 4 is 5.69 Å². The van der Waals surface area contributed by atoms with E-state index in [1.807, 2.05) is 18.2 Å². The monoisotopic (exact) mass is 177 g/mol. The molecule has 0 amide bonds. The van der Waals surface area contributed by atoms with Gasteiger partial charge in [-0.3, -0.25) is 0 Å². The third-order valence-corrected chi connectivity index (χ3v) is 2.29. The second-order valence-corrected chi connectivity index (χ2v) is 3.54. The minimum absolute atomic E-state index is 0.451. The molecular formula is C11H15NO. The molecule has 0 saturated heterocycles. The van der Waals surface area contributed by atoms with E-state index in [1.165, 1.54) is 18.4 Å². The normalized spacial score (nSPS) is 15.8. The Hall–Kier alpha value is -1.18. The van der Waals surface area contributed by atoms with Crippen LogP contribution >= 0.6 is 0 Å². The Bertz CT molecular complexity index is 305. The van der Waals surface area contributed by atoms with E-state index in [-0.39, 0.29) is 0 Å². The van der Waals surface area contributed by atoms with Gasteiger partial charge >= 0.3 is 0 Å². The Morgan fingerprint density at radius 1 is 1.46 bits per heavy atom. The Morgan fingerprint density at radius 2 is 2.23 bits per heavy atom. The molecule has 0 bridgehead atoms. The first-order valence-electron chi connectivity index (χ1n) is 4.84. The molecule has 1 aromatic carbocycles. The van der Waals surface area contributed by atoms with Crippen molar-refractivity contribution in [1.82, 2.24) is 0 Å². The molecular weight excluding hydrogens is 162 g/mol. The van der Waals surface area contributed by atoms with Crippen LogP contribution in [0.5, 0.6) is 5.75 Å². The predicted molar refractivity (Wildman–Crippen MR) is 53.9 cm³/mol. The van der Waals surface area contributed by atoms with E-state index in [0.717, 1.165) is 17.9 Å². The maximum Gasteiger partial charge on any atom is 0.124 e. The number of hydrogen-bond acceptors (Lipinski definition) is 2. The van der Waals surface area contributed by atoms with E-state index < -0.39 is 0 Å². The molecule has 0 atom stereocenters. The zero-order valence-corrected chi connectivity index (χ0v) is 7.92. The molecule has 2 nitrogen and oxygen atoms in total. The topological polar surface area (TPSA) is 35.2 Å². The lowest BCUT2D eigenvalue weighted by atomic mass is 10.1. The fourth-order valence-electron chi connectivity index (χ4n) is 1.34. The summed E-state index contributed by atoms with van der Waals surface area (Å²) in [7, 11) is 0. The highest BCUT2D eigenvalue weighted by Gasteiger charge is 2.24. The molecule has 2 heteroatoms. The van der Waals surface area contributed by atoms with Crippen LogP contribution in [0.15, 0.2) is 18.2 Å². The standard InChI is InChI=1S/C11H15NO/c1-2-8-3-4-9(12)7-11(8)13-10-5-6-10/h3-4,7,10H,2,5-6,12H2,1H3. The maximum atomic E-state index is 5.75. The van der Waals surface area contributed by atoms with Crippen molar-refractivity contribution < 1.29 is 4.74 Å². The summed E-state index contributed by atoms with van der Waals surface area (Å²) in [4.78, 5) is 0. The van der Waals surface area contributed by atoms with Gasteiger partial charge in [0.25, 0.3) is 0 Å². The first-order valence-corrected chi connectivity index (χ1v) is 4.84. The van der Waals surface area contributed by atoms with Crippen LogP contribution in [0.3, 0.4) is 0 Å². The van der Waals surface area contributed by atoms with Gasteiger partial charge in [-0.15, -0.1) is 0 Å². The molecule has 0 radical (unpaired) electrons. The molecule has 0 heterocycles. The average Bonchev–Trinajstić information content (AvgIpc) is 2.89. The van der Waals surface area contributed by atoms with Crippen LogP contribution in [-0.2, 0) is 6.42 Å². The summed E-state index contributed by atoms with van der Waals surface area (Å²) in [5.74, 6) is 0.977. The zero-order valence-electron chi connectivity index (χ0n) is 7.92.